The molecule has 1 N–H and O–H groups in total. The third-order valence-electron chi connectivity index (χ3n) is 7.07. The fraction of sp³-hybridized carbons (Fsp3) is 0.444. The van der Waals surface area contributed by atoms with Crippen molar-refractivity contribution in [1.82, 2.24) is 5.32 Å². The summed E-state index contributed by atoms with van der Waals surface area (Å²) >= 11 is 1.28. The molecule has 0 saturated heterocycles. The van der Waals surface area contributed by atoms with E-state index in [0.717, 1.165) is 11.8 Å². The molecule has 1 amide bonds. The van der Waals surface area contributed by atoms with Crippen molar-refractivity contribution < 1.29 is 23.5 Å². The van der Waals surface area contributed by atoms with Gasteiger partial charge in [0.1, 0.15) is 5.82 Å². The first-order valence-electron chi connectivity index (χ1n) is 11.8. The van der Waals surface area contributed by atoms with Gasteiger partial charge in [-0.15, -0.1) is 11.8 Å². The first-order chi connectivity index (χ1) is 16.3. The average molecular weight is 484 g/mol. The summed E-state index contributed by atoms with van der Waals surface area (Å²) in [7, 11) is 0. The topological polar surface area (TPSA) is 72.5 Å². The first-order valence-corrected chi connectivity index (χ1v) is 12.8. The summed E-state index contributed by atoms with van der Waals surface area (Å²) in [5.41, 5.74) is 0.575. The number of hydrogen-bond acceptors (Lipinski definition) is 5. The minimum Gasteiger partial charge on any atom is -0.451 e. The lowest BCUT2D eigenvalue weighted by Gasteiger charge is -2.28. The third kappa shape index (κ3) is 5.69. The quantitative estimate of drug-likeness (QED) is 0.298. The number of carbonyl (C=O) groups excluding carboxylic acids is 3. The van der Waals surface area contributed by atoms with E-state index in [-0.39, 0.29) is 23.3 Å². The number of rotatable bonds is 9. The number of Topliss-reactive ketones (excluding diaryl/α,β-unsaturated/α-hetero) is 1. The SMILES string of the molecule is C[C@H](OC(=O)c1ccccc1SCC(=O)N[C@@H](C)[C@@H]1C[C@@H]2CC[C@@H]1C2)C(=O)c1ccc(F)cc1. The highest BCUT2D eigenvalue weighted by molar-refractivity contribution is 8.00. The molecule has 180 valence electrons. The summed E-state index contributed by atoms with van der Waals surface area (Å²) < 4.78 is 18.5. The van der Waals surface area contributed by atoms with Crippen LogP contribution in [0.15, 0.2) is 53.4 Å². The molecule has 0 heterocycles. The number of ether oxygens (including phenoxy) is 1. The lowest BCUT2D eigenvalue weighted by Crippen LogP contribution is -2.40. The Morgan fingerprint density at radius 1 is 1.06 bits per heavy atom. The van der Waals surface area contributed by atoms with Gasteiger partial charge in [-0.3, -0.25) is 9.59 Å². The minimum absolute atomic E-state index is 0.0525. The predicted octanol–water partition coefficient (Wildman–Crippen LogP) is 5.29. The largest absolute Gasteiger partial charge is 0.451 e. The van der Waals surface area contributed by atoms with Crippen molar-refractivity contribution in [3.05, 3.63) is 65.5 Å². The molecule has 2 aromatic carbocycles. The van der Waals surface area contributed by atoms with Gasteiger partial charge in [0.15, 0.2) is 6.10 Å². The number of amides is 1. The lowest BCUT2D eigenvalue weighted by atomic mass is 9.84. The molecule has 2 fully saturated rings. The molecular formula is C27H30FNO4S. The van der Waals surface area contributed by atoms with Gasteiger partial charge in [-0.2, -0.15) is 0 Å². The van der Waals surface area contributed by atoms with Crippen molar-refractivity contribution in [3.8, 4) is 0 Å². The standard InChI is InChI=1S/C27H30FNO4S/c1-16(23-14-18-7-8-20(23)13-18)29-25(30)15-34-24-6-4-3-5-22(24)27(32)33-17(2)26(31)19-9-11-21(28)12-10-19/h3-6,9-12,16-18,20,23H,7-8,13-15H2,1-2H3,(H,29,30)/t16-,17-,18+,20+,23-/m0/s1. The summed E-state index contributed by atoms with van der Waals surface area (Å²) in [6, 6.07) is 12.2. The molecule has 0 aromatic heterocycles. The monoisotopic (exact) mass is 483 g/mol. The summed E-state index contributed by atoms with van der Waals surface area (Å²) in [5, 5.41) is 3.15. The van der Waals surface area contributed by atoms with Gasteiger partial charge >= 0.3 is 5.97 Å². The van der Waals surface area contributed by atoms with E-state index >= 15 is 0 Å². The van der Waals surface area contributed by atoms with Crippen LogP contribution in [-0.2, 0) is 9.53 Å². The van der Waals surface area contributed by atoms with Gasteiger partial charge in [0.2, 0.25) is 11.7 Å². The molecule has 0 unspecified atom stereocenters. The minimum atomic E-state index is -1.03. The maximum absolute atomic E-state index is 13.1. The summed E-state index contributed by atoms with van der Waals surface area (Å²) in [4.78, 5) is 38.5. The molecule has 2 bridgehead atoms. The number of ketones is 1. The van der Waals surface area contributed by atoms with Crippen LogP contribution in [0.4, 0.5) is 4.39 Å². The first kappa shape index (κ1) is 24.5. The highest BCUT2D eigenvalue weighted by Gasteiger charge is 2.42. The highest BCUT2D eigenvalue weighted by atomic mass is 32.2. The van der Waals surface area contributed by atoms with Gasteiger partial charge in [0, 0.05) is 16.5 Å². The second kappa shape index (κ2) is 10.7. The fourth-order valence-electron chi connectivity index (χ4n) is 5.34. The Morgan fingerprint density at radius 2 is 1.79 bits per heavy atom. The molecule has 34 heavy (non-hydrogen) atoms. The summed E-state index contributed by atoms with van der Waals surface area (Å²) in [6.07, 6.45) is 4.10. The zero-order valence-corrected chi connectivity index (χ0v) is 20.3. The second-order valence-electron chi connectivity index (χ2n) is 9.40. The third-order valence-corrected chi connectivity index (χ3v) is 8.14. The number of hydrogen-bond donors (Lipinski definition) is 1. The molecule has 2 aliphatic rings. The normalized spacial score (nSPS) is 22.7. The molecule has 5 atom stereocenters. The van der Waals surface area contributed by atoms with Gasteiger partial charge in [-0.05, 0) is 87.3 Å². The number of halogens is 1. The van der Waals surface area contributed by atoms with Crippen molar-refractivity contribution in [3.63, 3.8) is 0 Å². The highest BCUT2D eigenvalue weighted by Crippen LogP contribution is 2.49. The predicted molar refractivity (Wildman–Crippen MR) is 129 cm³/mol. The van der Waals surface area contributed by atoms with Crippen LogP contribution < -0.4 is 5.32 Å². The fourth-order valence-corrected chi connectivity index (χ4v) is 6.19. The zero-order valence-electron chi connectivity index (χ0n) is 19.5. The Bertz CT molecular complexity index is 1060. The molecule has 2 aliphatic carbocycles. The molecule has 7 heteroatoms. The number of esters is 1. The van der Waals surface area contributed by atoms with Crippen LogP contribution in [0.5, 0.6) is 0 Å². The molecule has 5 nitrogen and oxygen atoms in total. The molecule has 0 aliphatic heterocycles. The lowest BCUT2D eigenvalue weighted by molar-refractivity contribution is -0.119. The van der Waals surface area contributed by atoms with Crippen molar-refractivity contribution in [2.24, 2.45) is 17.8 Å². The average Bonchev–Trinajstić information content (AvgIpc) is 3.47. The van der Waals surface area contributed by atoms with E-state index in [0.29, 0.717) is 16.4 Å². The Morgan fingerprint density at radius 3 is 2.47 bits per heavy atom. The summed E-state index contributed by atoms with van der Waals surface area (Å²) in [6.45, 7) is 3.59. The van der Waals surface area contributed by atoms with E-state index in [2.05, 4.69) is 12.2 Å². The Hall–Kier alpha value is -2.67. The van der Waals surface area contributed by atoms with Crippen LogP contribution in [0.25, 0.3) is 0 Å². The summed E-state index contributed by atoms with van der Waals surface area (Å²) in [5.74, 6) is 0.787. The van der Waals surface area contributed by atoms with Crippen molar-refractivity contribution in [2.45, 2.75) is 56.6 Å². The number of nitrogens with one attached hydrogen (secondary N) is 1. The zero-order chi connectivity index (χ0) is 24.2. The van der Waals surface area contributed by atoms with E-state index in [4.69, 9.17) is 4.74 Å². The van der Waals surface area contributed by atoms with Crippen LogP contribution in [0.1, 0.15) is 60.2 Å². The van der Waals surface area contributed by atoms with Crippen molar-refractivity contribution >= 4 is 29.4 Å². The van der Waals surface area contributed by atoms with E-state index in [9.17, 15) is 18.8 Å². The number of thioether (sulfide) groups is 1. The maximum Gasteiger partial charge on any atom is 0.339 e. The number of carbonyl (C=O) groups is 3. The van der Waals surface area contributed by atoms with Crippen LogP contribution in [-0.4, -0.2) is 35.6 Å². The molecule has 0 spiro atoms. The molecular weight excluding hydrogens is 453 g/mol. The van der Waals surface area contributed by atoms with Gasteiger partial charge in [-0.1, -0.05) is 18.6 Å². The van der Waals surface area contributed by atoms with Gasteiger partial charge in [0.05, 0.1) is 11.3 Å². The Labute approximate surface area is 203 Å². The molecule has 2 aromatic rings. The smallest absolute Gasteiger partial charge is 0.339 e. The second-order valence-corrected chi connectivity index (χ2v) is 10.4. The van der Waals surface area contributed by atoms with E-state index in [1.165, 1.54) is 68.6 Å². The van der Waals surface area contributed by atoms with Crippen LogP contribution in [0, 0.1) is 23.6 Å². The van der Waals surface area contributed by atoms with Crippen molar-refractivity contribution in [2.75, 3.05) is 5.75 Å². The van der Waals surface area contributed by atoms with E-state index in [1.54, 1.807) is 24.3 Å². The molecule has 0 radical (unpaired) electrons. The molecule has 4 rings (SSSR count). The Kier molecular flexibility index (Phi) is 7.71. The van der Waals surface area contributed by atoms with Crippen LogP contribution in [0.2, 0.25) is 0 Å². The maximum atomic E-state index is 13.1. The van der Waals surface area contributed by atoms with Gasteiger partial charge in [-0.25, -0.2) is 9.18 Å². The molecule has 2 saturated carbocycles. The van der Waals surface area contributed by atoms with Crippen molar-refractivity contribution in [1.29, 1.82) is 0 Å². The van der Waals surface area contributed by atoms with E-state index < -0.39 is 23.7 Å². The van der Waals surface area contributed by atoms with E-state index in [1.807, 2.05) is 0 Å². The van der Waals surface area contributed by atoms with Gasteiger partial charge in [0.25, 0.3) is 0 Å². The van der Waals surface area contributed by atoms with Gasteiger partial charge < -0.3 is 10.1 Å². The van der Waals surface area contributed by atoms with Crippen LogP contribution in [0.3, 0.4) is 0 Å². The number of fused-ring (bicyclic) bond motifs is 2. The van der Waals surface area contributed by atoms with Crippen LogP contribution >= 0.6 is 11.8 Å². The number of benzene rings is 2. The Balaban J connectivity index is 1.32.